The molecule has 1 heterocycles. The minimum absolute atomic E-state index is 0.109. The quantitative estimate of drug-likeness (QED) is 0.748. The SMILES string of the molecule is CCC(NC(=O)c1c(O)c(O)cc2ccccc12)N1CCOCC1. The number of morpholine rings is 1. The van der Waals surface area contributed by atoms with E-state index in [1.165, 1.54) is 6.07 Å². The van der Waals surface area contributed by atoms with Gasteiger partial charge in [0.15, 0.2) is 11.5 Å². The number of phenolic OH excluding ortho intramolecular Hbond substituents is 2. The van der Waals surface area contributed by atoms with Crippen molar-refractivity contribution < 1.29 is 19.7 Å². The molecule has 1 unspecified atom stereocenters. The van der Waals surface area contributed by atoms with Crippen LogP contribution in [0, 0.1) is 0 Å². The second-order valence-corrected chi connectivity index (χ2v) is 5.89. The third kappa shape index (κ3) is 3.16. The maximum atomic E-state index is 12.8. The fourth-order valence-electron chi connectivity index (χ4n) is 3.12. The lowest BCUT2D eigenvalue weighted by molar-refractivity contribution is 0.00826. The number of amides is 1. The smallest absolute Gasteiger partial charge is 0.257 e. The predicted molar refractivity (Wildman–Crippen MR) is 91.2 cm³/mol. The van der Waals surface area contributed by atoms with Crippen molar-refractivity contribution in [3.63, 3.8) is 0 Å². The zero-order chi connectivity index (χ0) is 17.1. The molecule has 128 valence electrons. The molecule has 0 aliphatic carbocycles. The lowest BCUT2D eigenvalue weighted by Gasteiger charge is -2.34. The van der Waals surface area contributed by atoms with Gasteiger partial charge in [0.2, 0.25) is 0 Å². The summed E-state index contributed by atoms with van der Waals surface area (Å²) in [4.78, 5) is 15.0. The average Bonchev–Trinajstić information content (AvgIpc) is 2.61. The molecule has 3 N–H and O–H groups in total. The van der Waals surface area contributed by atoms with Crippen molar-refractivity contribution in [3.8, 4) is 11.5 Å². The standard InChI is InChI=1S/C18H22N2O4/c1-2-15(20-7-9-24-10-8-20)19-18(23)16-13-6-4-3-5-12(13)11-14(21)17(16)22/h3-6,11,15,21-22H,2,7-10H2,1H3,(H,19,23). The maximum absolute atomic E-state index is 12.8. The van der Waals surface area contributed by atoms with E-state index in [1.807, 2.05) is 13.0 Å². The Balaban J connectivity index is 1.91. The van der Waals surface area contributed by atoms with Gasteiger partial charge in [-0.3, -0.25) is 9.69 Å². The maximum Gasteiger partial charge on any atom is 0.257 e. The van der Waals surface area contributed by atoms with E-state index in [4.69, 9.17) is 4.74 Å². The first-order valence-corrected chi connectivity index (χ1v) is 8.18. The molecule has 1 aliphatic rings. The Kier molecular flexibility index (Phi) is 4.87. The Labute approximate surface area is 140 Å². The molecule has 0 bridgehead atoms. The van der Waals surface area contributed by atoms with Crippen molar-refractivity contribution in [3.05, 3.63) is 35.9 Å². The molecule has 1 atom stereocenters. The Morgan fingerprint density at radius 3 is 2.71 bits per heavy atom. The molecule has 6 heteroatoms. The fraction of sp³-hybridized carbons (Fsp3) is 0.389. The van der Waals surface area contributed by atoms with Crippen molar-refractivity contribution in [2.75, 3.05) is 26.3 Å². The van der Waals surface area contributed by atoms with Gasteiger partial charge in [-0.25, -0.2) is 0 Å². The molecule has 1 saturated heterocycles. The van der Waals surface area contributed by atoms with Crippen LogP contribution in [0.15, 0.2) is 30.3 Å². The lowest BCUT2D eigenvalue weighted by Crippen LogP contribution is -2.52. The van der Waals surface area contributed by atoms with Crippen molar-refractivity contribution in [1.29, 1.82) is 0 Å². The van der Waals surface area contributed by atoms with E-state index in [1.54, 1.807) is 18.2 Å². The number of nitrogens with one attached hydrogen (secondary N) is 1. The first-order valence-electron chi connectivity index (χ1n) is 8.18. The molecule has 0 radical (unpaired) electrons. The summed E-state index contributed by atoms with van der Waals surface area (Å²) in [5.74, 6) is -1.07. The third-order valence-corrected chi connectivity index (χ3v) is 4.40. The van der Waals surface area contributed by atoms with Gasteiger partial charge >= 0.3 is 0 Å². The van der Waals surface area contributed by atoms with E-state index < -0.39 is 5.91 Å². The highest BCUT2D eigenvalue weighted by Crippen LogP contribution is 2.35. The van der Waals surface area contributed by atoms with Gasteiger partial charge in [0, 0.05) is 13.1 Å². The van der Waals surface area contributed by atoms with Crippen LogP contribution < -0.4 is 5.32 Å². The van der Waals surface area contributed by atoms with Crippen molar-refractivity contribution in [2.24, 2.45) is 0 Å². The van der Waals surface area contributed by atoms with Gasteiger partial charge in [-0.05, 0) is 23.3 Å². The number of rotatable bonds is 4. The summed E-state index contributed by atoms with van der Waals surface area (Å²) < 4.78 is 5.35. The van der Waals surface area contributed by atoms with Gasteiger partial charge < -0.3 is 20.3 Å². The van der Waals surface area contributed by atoms with Crippen LogP contribution in [0.1, 0.15) is 23.7 Å². The highest BCUT2D eigenvalue weighted by atomic mass is 16.5. The van der Waals surface area contributed by atoms with E-state index in [2.05, 4.69) is 10.2 Å². The van der Waals surface area contributed by atoms with Crippen molar-refractivity contribution >= 4 is 16.7 Å². The van der Waals surface area contributed by atoms with Crippen LogP contribution in [0.2, 0.25) is 0 Å². The van der Waals surface area contributed by atoms with E-state index in [0.29, 0.717) is 24.0 Å². The lowest BCUT2D eigenvalue weighted by atomic mass is 10.0. The number of hydrogen-bond acceptors (Lipinski definition) is 5. The van der Waals surface area contributed by atoms with E-state index in [9.17, 15) is 15.0 Å². The van der Waals surface area contributed by atoms with Crippen molar-refractivity contribution in [2.45, 2.75) is 19.5 Å². The van der Waals surface area contributed by atoms with Gasteiger partial charge in [-0.2, -0.15) is 0 Å². The van der Waals surface area contributed by atoms with Crippen molar-refractivity contribution in [1.82, 2.24) is 10.2 Å². The first-order chi connectivity index (χ1) is 11.6. The summed E-state index contributed by atoms with van der Waals surface area (Å²) in [6, 6.07) is 8.64. The Morgan fingerprint density at radius 1 is 1.29 bits per heavy atom. The fourth-order valence-corrected chi connectivity index (χ4v) is 3.12. The zero-order valence-corrected chi connectivity index (χ0v) is 13.7. The Hall–Kier alpha value is -2.31. The molecular weight excluding hydrogens is 308 g/mol. The predicted octanol–water partition coefficient (Wildman–Crippen LogP) is 2.05. The Morgan fingerprint density at radius 2 is 2.00 bits per heavy atom. The number of carbonyl (C=O) groups excluding carboxylic acids is 1. The van der Waals surface area contributed by atoms with Crippen LogP contribution in [0.25, 0.3) is 10.8 Å². The third-order valence-electron chi connectivity index (χ3n) is 4.40. The highest BCUT2D eigenvalue weighted by Gasteiger charge is 2.25. The molecule has 1 amide bonds. The van der Waals surface area contributed by atoms with Gasteiger partial charge in [-0.1, -0.05) is 31.2 Å². The first kappa shape index (κ1) is 16.5. The zero-order valence-electron chi connectivity index (χ0n) is 13.7. The molecule has 24 heavy (non-hydrogen) atoms. The normalized spacial score (nSPS) is 16.9. The summed E-state index contributed by atoms with van der Waals surface area (Å²) in [6.45, 7) is 4.80. The van der Waals surface area contributed by atoms with Gasteiger partial charge in [0.25, 0.3) is 5.91 Å². The topological polar surface area (TPSA) is 82.0 Å². The molecule has 2 aromatic rings. The monoisotopic (exact) mass is 330 g/mol. The molecule has 3 rings (SSSR count). The number of nitrogens with zero attached hydrogens (tertiary/aromatic N) is 1. The molecule has 0 saturated carbocycles. The van der Waals surface area contributed by atoms with E-state index in [-0.39, 0.29) is 23.2 Å². The van der Waals surface area contributed by atoms with Gasteiger partial charge in [0.05, 0.1) is 24.9 Å². The van der Waals surface area contributed by atoms with Crippen LogP contribution in [-0.4, -0.2) is 53.5 Å². The molecule has 6 nitrogen and oxygen atoms in total. The summed E-state index contributed by atoms with van der Waals surface area (Å²) in [5.41, 5.74) is 0.109. The summed E-state index contributed by atoms with van der Waals surface area (Å²) in [6.07, 6.45) is 0.602. The molecule has 2 aromatic carbocycles. The average molecular weight is 330 g/mol. The number of benzene rings is 2. The summed E-state index contributed by atoms with van der Waals surface area (Å²) in [7, 11) is 0. The van der Waals surface area contributed by atoms with Crippen LogP contribution >= 0.6 is 0 Å². The minimum Gasteiger partial charge on any atom is -0.504 e. The van der Waals surface area contributed by atoms with Crippen LogP contribution in [0.3, 0.4) is 0 Å². The summed E-state index contributed by atoms with van der Waals surface area (Å²) >= 11 is 0. The van der Waals surface area contributed by atoms with Gasteiger partial charge in [0.1, 0.15) is 0 Å². The number of hydrogen-bond donors (Lipinski definition) is 3. The van der Waals surface area contributed by atoms with E-state index >= 15 is 0 Å². The summed E-state index contributed by atoms with van der Waals surface area (Å²) in [5, 5.41) is 24.4. The highest BCUT2D eigenvalue weighted by molar-refractivity contribution is 6.10. The number of phenols is 2. The molecule has 1 aliphatic heterocycles. The number of ether oxygens (including phenoxy) is 1. The Bertz CT molecular complexity index is 741. The number of fused-ring (bicyclic) bond motifs is 1. The molecule has 1 fully saturated rings. The minimum atomic E-state index is -0.391. The molecule has 0 aromatic heterocycles. The second kappa shape index (κ2) is 7.07. The van der Waals surface area contributed by atoms with E-state index in [0.717, 1.165) is 19.5 Å². The van der Waals surface area contributed by atoms with Crippen LogP contribution in [0.5, 0.6) is 11.5 Å². The molecular formula is C18H22N2O4. The number of carbonyl (C=O) groups is 1. The molecule has 0 spiro atoms. The second-order valence-electron chi connectivity index (χ2n) is 5.89. The largest absolute Gasteiger partial charge is 0.504 e. The van der Waals surface area contributed by atoms with Crippen LogP contribution in [0.4, 0.5) is 0 Å². The van der Waals surface area contributed by atoms with Gasteiger partial charge in [-0.15, -0.1) is 0 Å². The van der Waals surface area contributed by atoms with Crippen LogP contribution in [-0.2, 0) is 4.74 Å². The number of aromatic hydroxyl groups is 2.